The van der Waals surface area contributed by atoms with Gasteiger partial charge in [-0.2, -0.15) is 0 Å². The first kappa shape index (κ1) is 20.7. The van der Waals surface area contributed by atoms with E-state index in [0.29, 0.717) is 54.0 Å². The fraction of sp³-hybridized carbons (Fsp3) is 0.227. The Labute approximate surface area is 184 Å². The van der Waals surface area contributed by atoms with E-state index in [2.05, 4.69) is 15.2 Å². The number of ether oxygens (including phenoxy) is 1. The summed E-state index contributed by atoms with van der Waals surface area (Å²) >= 11 is 5.78. The van der Waals surface area contributed by atoms with E-state index < -0.39 is 0 Å². The molecule has 9 heteroatoms. The molecule has 1 aliphatic rings. The van der Waals surface area contributed by atoms with Crippen LogP contribution in [0, 0.1) is 0 Å². The standard InChI is InChI=1S/C22H20ClN5O3/c1-31-20-9-7-18(25-26-20)15-2-4-16(5-3-15)21(29)27-10-12-28(13-11-27)22(30)17-6-8-19(23)24-14-17/h2-9,14H,10-13H2,1H3. The molecule has 1 fully saturated rings. The SMILES string of the molecule is COc1ccc(-c2ccc(C(=O)N3CCN(C(=O)c4ccc(Cl)nc4)CC3)cc2)nn1. The first-order valence-corrected chi connectivity index (χ1v) is 10.1. The zero-order chi connectivity index (χ0) is 21.8. The van der Waals surface area contributed by atoms with Crippen molar-refractivity contribution in [2.45, 2.75) is 0 Å². The molecule has 1 aliphatic heterocycles. The number of methoxy groups -OCH3 is 1. The average molecular weight is 438 g/mol. The summed E-state index contributed by atoms with van der Waals surface area (Å²) in [5.74, 6) is 0.273. The van der Waals surface area contributed by atoms with Crippen LogP contribution in [0.2, 0.25) is 5.15 Å². The Morgan fingerprint density at radius 1 is 0.839 bits per heavy atom. The van der Waals surface area contributed by atoms with Crippen molar-refractivity contribution in [1.29, 1.82) is 0 Å². The predicted molar refractivity (Wildman–Crippen MR) is 115 cm³/mol. The van der Waals surface area contributed by atoms with E-state index in [9.17, 15) is 9.59 Å². The number of carbonyl (C=O) groups excluding carboxylic acids is 2. The zero-order valence-corrected chi connectivity index (χ0v) is 17.6. The Kier molecular flexibility index (Phi) is 6.08. The van der Waals surface area contributed by atoms with Crippen LogP contribution in [0.3, 0.4) is 0 Å². The first-order valence-electron chi connectivity index (χ1n) is 9.73. The maximum absolute atomic E-state index is 12.9. The summed E-state index contributed by atoms with van der Waals surface area (Å²) in [5.41, 5.74) is 2.63. The van der Waals surface area contributed by atoms with Crippen LogP contribution in [0.25, 0.3) is 11.3 Å². The Hall–Kier alpha value is -3.52. The van der Waals surface area contributed by atoms with Crippen LogP contribution in [0.5, 0.6) is 5.88 Å². The molecule has 0 bridgehead atoms. The summed E-state index contributed by atoms with van der Waals surface area (Å²) in [7, 11) is 1.54. The number of hydrogen-bond donors (Lipinski definition) is 0. The lowest BCUT2D eigenvalue weighted by Gasteiger charge is -2.34. The molecule has 0 atom stereocenters. The number of piperazine rings is 1. The molecule has 0 unspecified atom stereocenters. The van der Waals surface area contributed by atoms with Crippen LogP contribution >= 0.6 is 11.6 Å². The summed E-state index contributed by atoms with van der Waals surface area (Å²) in [5, 5.41) is 8.43. The van der Waals surface area contributed by atoms with Gasteiger partial charge in [0.15, 0.2) is 0 Å². The number of carbonyl (C=O) groups is 2. The highest BCUT2D eigenvalue weighted by Gasteiger charge is 2.25. The monoisotopic (exact) mass is 437 g/mol. The topological polar surface area (TPSA) is 88.5 Å². The third-order valence-electron chi connectivity index (χ3n) is 5.11. The molecule has 31 heavy (non-hydrogen) atoms. The van der Waals surface area contributed by atoms with Gasteiger partial charge in [0.2, 0.25) is 5.88 Å². The molecule has 3 heterocycles. The van der Waals surface area contributed by atoms with Crippen LogP contribution in [-0.4, -0.2) is 70.1 Å². The number of hydrogen-bond acceptors (Lipinski definition) is 6. The maximum Gasteiger partial charge on any atom is 0.255 e. The Balaban J connectivity index is 1.37. The number of nitrogens with zero attached hydrogens (tertiary/aromatic N) is 5. The van der Waals surface area contributed by atoms with Gasteiger partial charge in [0.05, 0.1) is 18.4 Å². The van der Waals surface area contributed by atoms with Gasteiger partial charge < -0.3 is 14.5 Å². The van der Waals surface area contributed by atoms with Gasteiger partial charge in [0, 0.05) is 49.6 Å². The second-order valence-electron chi connectivity index (χ2n) is 6.99. The number of aromatic nitrogens is 3. The van der Waals surface area contributed by atoms with Crippen LogP contribution in [0.15, 0.2) is 54.7 Å². The van der Waals surface area contributed by atoms with Gasteiger partial charge in [-0.15, -0.1) is 10.2 Å². The second-order valence-corrected chi connectivity index (χ2v) is 7.38. The van der Waals surface area contributed by atoms with Gasteiger partial charge in [0.1, 0.15) is 5.15 Å². The van der Waals surface area contributed by atoms with Crippen molar-refractivity contribution >= 4 is 23.4 Å². The largest absolute Gasteiger partial charge is 0.480 e. The molecule has 0 radical (unpaired) electrons. The number of rotatable bonds is 4. The minimum absolute atomic E-state index is 0.0624. The molecule has 0 N–H and O–H groups in total. The van der Waals surface area contributed by atoms with Crippen molar-refractivity contribution in [2.75, 3.05) is 33.3 Å². The molecule has 1 aromatic carbocycles. The molecular weight excluding hydrogens is 418 g/mol. The van der Waals surface area contributed by atoms with E-state index in [-0.39, 0.29) is 11.8 Å². The molecule has 4 rings (SSSR count). The molecule has 158 valence electrons. The van der Waals surface area contributed by atoms with E-state index in [1.165, 1.54) is 13.3 Å². The number of benzene rings is 1. The predicted octanol–water partition coefficient (Wildman–Crippen LogP) is 2.80. The third kappa shape index (κ3) is 4.64. The zero-order valence-electron chi connectivity index (χ0n) is 16.9. The first-order chi connectivity index (χ1) is 15.0. The number of pyridine rings is 1. The number of halogens is 1. The average Bonchev–Trinajstić information content (AvgIpc) is 2.84. The van der Waals surface area contributed by atoms with Crippen LogP contribution < -0.4 is 4.74 Å². The second kappa shape index (κ2) is 9.09. The van der Waals surface area contributed by atoms with E-state index in [0.717, 1.165) is 5.56 Å². The molecule has 2 aromatic heterocycles. The van der Waals surface area contributed by atoms with E-state index in [1.807, 2.05) is 18.2 Å². The Bertz CT molecular complexity index is 1060. The molecule has 1 saturated heterocycles. The van der Waals surface area contributed by atoms with Crippen LogP contribution in [0.1, 0.15) is 20.7 Å². The fourth-order valence-electron chi connectivity index (χ4n) is 3.35. The van der Waals surface area contributed by atoms with Gasteiger partial charge in [-0.25, -0.2) is 4.98 Å². The van der Waals surface area contributed by atoms with Gasteiger partial charge in [-0.3, -0.25) is 9.59 Å². The summed E-state index contributed by atoms with van der Waals surface area (Å²) in [6.07, 6.45) is 1.47. The maximum atomic E-state index is 12.9. The van der Waals surface area contributed by atoms with Crippen molar-refractivity contribution in [2.24, 2.45) is 0 Å². The Morgan fingerprint density at radius 2 is 1.45 bits per heavy atom. The lowest BCUT2D eigenvalue weighted by atomic mass is 10.1. The molecular formula is C22H20ClN5O3. The van der Waals surface area contributed by atoms with Gasteiger partial charge in [-0.05, 0) is 30.3 Å². The molecule has 3 aromatic rings. The lowest BCUT2D eigenvalue weighted by molar-refractivity contribution is 0.0535. The van der Waals surface area contributed by atoms with Gasteiger partial charge in [-0.1, -0.05) is 23.7 Å². The van der Waals surface area contributed by atoms with Crippen LogP contribution in [-0.2, 0) is 0 Å². The van der Waals surface area contributed by atoms with Crippen molar-refractivity contribution in [1.82, 2.24) is 25.0 Å². The highest BCUT2D eigenvalue weighted by molar-refractivity contribution is 6.29. The number of amides is 2. The summed E-state index contributed by atoms with van der Waals surface area (Å²) in [6.45, 7) is 1.87. The Morgan fingerprint density at radius 3 is 1.97 bits per heavy atom. The smallest absolute Gasteiger partial charge is 0.255 e. The molecule has 0 aliphatic carbocycles. The third-order valence-corrected chi connectivity index (χ3v) is 5.33. The minimum Gasteiger partial charge on any atom is -0.480 e. The molecule has 2 amide bonds. The minimum atomic E-state index is -0.110. The molecule has 8 nitrogen and oxygen atoms in total. The lowest BCUT2D eigenvalue weighted by Crippen LogP contribution is -2.50. The molecule has 0 saturated carbocycles. The molecule has 0 spiro atoms. The normalized spacial score (nSPS) is 13.7. The van der Waals surface area contributed by atoms with Crippen molar-refractivity contribution in [3.8, 4) is 17.1 Å². The quantitative estimate of drug-likeness (QED) is 0.583. The summed E-state index contributed by atoms with van der Waals surface area (Å²) in [4.78, 5) is 32.9. The fourth-order valence-corrected chi connectivity index (χ4v) is 3.46. The van der Waals surface area contributed by atoms with Gasteiger partial charge in [0.25, 0.3) is 11.8 Å². The van der Waals surface area contributed by atoms with Crippen molar-refractivity contribution in [3.63, 3.8) is 0 Å². The van der Waals surface area contributed by atoms with E-state index in [4.69, 9.17) is 16.3 Å². The van der Waals surface area contributed by atoms with Crippen LogP contribution in [0.4, 0.5) is 0 Å². The van der Waals surface area contributed by atoms with Crippen molar-refractivity contribution < 1.29 is 14.3 Å². The van der Waals surface area contributed by atoms with Crippen molar-refractivity contribution in [3.05, 3.63) is 71.0 Å². The van der Waals surface area contributed by atoms with Gasteiger partial charge >= 0.3 is 0 Å². The highest BCUT2D eigenvalue weighted by Crippen LogP contribution is 2.20. The summed E-state index contributed by atoms with van der Waals surface area (Å²) < 4.78 is 5.02. The summed E-state index contributed by atoms with van der Waals surface area (Å²) in [6, 6.07) is 14.0. The van der Waals surface area contributed by atoms with E-state index >= 15 is 0 Å². The van der Waals surface area contributed by atoms with E-state index in [1.54, 1.807) is 40.1 Å². The highest BCUT2D eigenvalue weighted by atomic mass is 35.5.